The minimum atomic E-state index is -0.291. The monoisotopic (exact) mass is 456 g/mol. The van der Waals surface area contributed by atoms with E-state index in [1.165, 1.54) is 0 Å². The molecule has 2 N–H and O–H groups in total. The number of hydrogen-bond donors (Lipinski definition) is 2. The third-order valence-electron chi connectivity index (χ3n) is 5.61. The maximum absolute atomic E-state index is 12.8. The van der Waals surface area contributed by atoms with E-state index in [0.717, 1.165) is 18.5 Å². The summed E-state index contributed by atoms with van der Waals surface area (Å²) in [7, 11) is 0. The molecule has 2 aliphatic heterocycles. The Bertz CT molecular complexity index is 980. The van der Waals surface area contributed by atoms with Gasteiger partial charge in [-0.1, -0.05) is 11.6 Å². The van der Waals surface area contributed by atoms with Crippen LogP contribution in [0.4, 0.5) is 21.9 Å². The predicted octanol–water partition coefficient (Wildman–Crippen LogP) is 3.59. The number of nitrogens with zero attached hydrogens (tertiary/aromatic N) is 2. The largest absolute Gasteiger partial charge is 0.370 e. The third kappa shape index (κ3) is 5.38. The molecule has 0 unspecified atom stereocenters. The lowest BCUT2D eigenvalue weighted by molar-refractivity contribution is -0.125. The Labute approximate surface area is 191 Å². The SMILES string of the molecule is O=C(Nc1ccc(N2CCOCC2=O)cc1)[C@H]1CCCN(C(=O)Nc2ccc(Cl)cc2)C1. The fourth-order valence-corrected chi connectivity index (χ4v) is 4.00. The van der Waals surface area contributed by atoms with Gasteiger partial charge in [0.15, 0.2) is 0 Å². The Morgan fingerprint density at radius 2 is 1.66 bits per heavy atom. The van der Waals surface area contributed by atoms with Gasteiger partial charge in [0, 0.05) is 41.7 Å². The van der Waals surface area contributed by atoms with Crippen LogP contribution in [0.15, 0.2) is 48.5 Å². The fourth-order valence-electron chi connectivity index (χ4n) is 3.87. The van der Waals surface area contributed by atoms with Gasteiger partial charge in [-0.05, 0) is 61.4 Å². The highest BCUT2D eigenvalue weighted by atomic mass is 35.5. The standard InChI is InChI=1S/C23H25ClN4O4/c24-17-3-5-19(6-4-17)26-23(31)27-11-1-2-16(14-27)22(30)25-18-7-9-20(10-8-18)28-12-13-32-15-21(28)29/h3-10,16H,1-2,11-15H2,(H,25,30)(H,26,31)/t16-/m0/s1. The van der Waals surface area contributed by atoms with Crippen LogP contribution in [0.1, 0.15) is 12.8 Å². The smallest absolute Gasteiger partial charge is 0.321 e. The lowest BCUT2D eigenvalue weighted by Crippen LogP contribution is -2.45. The van der Waals surface area contributed by atoms with Crippen LogP contribution in [-0.2, 0) is 14.3 Å². The van der Waals surface area contributed by atoms with Crippen molar-refractivity contribution in [2.24, 2.45) is 5.92 Å². The van der Waals surface area contributed by atoms with Crippen molar-refractivity contribution >= 4 is 46.5 Å². The lowest BCUT2D eigenvalue weighted by Gasteiger charge is -2.32. The first-order valence-corrected chi connectivity index (χ1v) is 11.0. The second-order valence-corrected chi connectivity index (χ2v) is 8.29. The first kappa shape index (κ1) is 22.1. The third-order valence-corrected chi connectivity index (χ3v) is 5.86. The number of urea groups is 1. The quantitative estimate of drug-likeness (QED) is 0.735. The van der Waals surface area contributed by atoms with Crippen LogP contribution < -0.4 is 15.5 Å². The fraction of sp³-hybridized carbons (Fsp3) is 0.348. The molecule has 2 aliphatic rings. The predicted molar refractivity (Wildman–Crippen MR) is 123 cm³/mol. The van der Waals surface area contributed by atoms with Gasteiger partial charge in [-0.2, -0.15) is 0 Å². The molecule has 2 aromatic carbocycles. The molecule has 0 spiro atoms. The molecule has 4 rings (SSSR count). The van der Waals surface area contributed by atoms with Crippen molar-refractivity contribution in [3.05, 3.63) is 53.6 Å². The van der Waals surface area contributed by atoms with Gasteiger partial charge in [0.25, 0.3) is 5.91 Å². The number of nitrogens with one attached hydrogen (secondary N) is 2. The number of morpholine rings is 1. The van der Waals surface area contributed by atoms with Gasteiger partial charge >= 0.3 is 6.03 Å². The van der Waals surface area contributed by atoms with E-state index in [2.05, 4.69) is 10.6 Å². The van der Waals surface area contributed by atoms with Gasteiger partial charge in [-0.15, -0.1) is 0 Å². The first-order chi connectivity index (χ1) is 15.5. The molecule has 8 nitrogen and oxygen atoms in total. The van der Waals surface area contributed by atoms with Crippen molar-refractivity contribution in [3.63, 3.8) is 0 Å². The summed E-state index contributed by atoms with van der Waals surface area (Å²) in [5.74, 6) is -0.489. The molecule has 0 aromatic heterocycles. The van der Waals surface area contributed by atoms with E-state index in [1.54, 1.807) is 46.2 Å². The molecule has 0 aliphatic carbocycles. The number of halogens is 1. The summed E-state index contributed by atoms with van der Waals surface area (Å²) < 4.78 is 5.15. The van der Waals surface area contributed by atoms with E-state index >= 15 is 0 Å². The summed E-state index contributed by atoms with van der Waals surface area (Å²) >= 11 is 5.88. The molecule has 0 bridgehead atoms. The number of rotatable bonds is 4. The number of anilines is 3. The number of hydrogen-bond acceptors (Lipinski definition) is 4. The zero-order valence-electron chi connectivity index (χ0n) is 17.6. The van der Waals surface area contributed by atoms with Crippen LogP contribution in [0.25, 0.3) is 0 Å². The Hall–Kier alpha value is -3.10. The second-order valence-electron chi connectivity index (χ2n) is 7.86. The molecule has 0 radical (unpaired) electrons. The summed E-state index contributed by atoms with van der Waals surface area (Å²) in [5.41, 5.74) is 2.09. The second kappa shape index (κ2) is 10.0. The van der Waals surface area contributed by atoms with E-state index in [4.69, 9.17) is 16.3 Å². The topological polar surface area (TPSA) is 91.0 Å². The number of benzene rings is 2. The van der Waals surface area contributed by atoms with E-state index < -0.39 is 0 Å². The molecular weight excluding hydrogens is 432 g/mol. The summed E-state index contributed by atoms with van der Waals surface area (Å²) in [4.78, 5) is 40.7. The first-order valence-electron chi connectivity index (χ1n) is 10.6. The zero-order chi connectivity index (χ0) is 22.5. The molecule has 2 aromatic rings. The average molecular weight is 457 g/mol. The van der Waals surface area contributed by atoms with E-state index in [-0.39, 0.29) is 30.4 Å². The summed E-state index contributed by atoms with van der Waals surface area (Å²) in [6, 6.07) is 13.9. The minimum Gasteiger partial charge on any atom is -0.370 e. The highest BCUT2D eigenvalue weighted by molar-refractivity contribution is 6.30. The number of likely N-dealkylation sites (tertiary alicyclic amines) is 1. The normalized spacial score (nSPS) is 18.9. The Morgan fingerprint density at radius 3 is 2.38 bits per heavy atom. The number of piperidine rings is 1. The Kier molecular flexibility index (Phi) is 6.92. The van der Waals surface area contributed by atoms with Crippen molar-refractivity contribution < 1.29 is 19.1 Å². The van der Waals surface area contributed by atoms with Crippen molar-refractivity contribution in [2.75, 3.05) is 48.4 Å². The van der Waals surface area contributed by atoms with Crippen molar-refractivity contribution in [1.82, 2.24) is 4.90 Å². The summed E-state index contributed by atoms with van der Waals surface area (Å²) in [5, 5.41) is 6.37. The van der Waals surface area contributed by atoms with Crippen LogP contribution in [0.2, 0.25) is 5.02 Å². The van der Waals surface area contributed by atoms with Crippen molar-refractivity contribution in [3.8, 4) is 0 Å². The maximum Gasteiger partial charge on any atom is 0.321 e. The molecule has 4 amide bonds. The number of ether oxygens (including phenoxy) is 1. The van der Waals surface area contributed by atoms with Crippen molar-refractivity contribution in [1.29, 1.82) is 0 Å². The molecular formula is C23H25ClN4O4. The highest BCUT2D eigenvalue weighted by Gasteiger charge is 2.28. The van der Waals surface area contributed by atoms with Gasteiger partial charge in [-0.25, -0.2) is 4.79 Å². The zero-order valence-corrected chi connectivity index (χ0v) is 18.3. The van der Waals surface area contributed by atoms with Crippen LogP contribution in [0, 0.1) is 5.92 Å². The number of carbonyl (C=O) groups is 3. The molecule has 2 saturated heterocycles. The van der Waals surface area contributed by atoms with Gasteiger partial charge in [0.05, 0.1) is 12.5 Å². The number of amides is 4. The maximum atomic E-state index is 12.8. The minimum absolute atomic E-state index is 0.0767. The van der Waals surface area contributed by atoms with E-state index in [1.807, 2.05) is 12.1 Å². The molecule has 2 fully saturated rings. The van der Waals surface area contributed by atoms with Gasteiger partial charge in [0.2, 0.25) is 5.91 Å². The van der Waals surface area contributed by atoms with Crippen molar-refractivity contribution in [2.45, 2.75) is 12.8 Å². The lowest BCUT2D eigenvalue weighted by atomic mass is 9.97. The Morgan fingerprint density at radius 1 is 0.969 bits per heavy atom. The van der Waals surface area contributed by atoms with Gasteiger partial charge in [0.1, 0.15) is 6.61 Å². The van der Waals surface area contributed by atoms with Crippen LogP contribution >= 0.6 is 11.6 Å². The molecule has 9 heteroatoms. The van der Waals surface area contributed by atoms with Gasteiger partial charge in [-0.3, -0.25) is 9.59 Å². The van der Waals surface area contributed by atoms with Crippen LogP contribution in [-0.4, -0.2) is 55.6 Å². The Balaban J connectivity index is 1.32. The molecule has 0 saturated carbocycles. The van der Waals surface area contributed by atoms with E-state index in [0.29, 0.717) is 42.6 Å². The summed E-state index contributed by atoms with van der Waals surface area (Å²) in [6.07, 6.45) is 1.47. The van der Waals surface area contributed by atoms with Crippen LogP contribution in [0.5, 0.6) is 0 Å². The molecule has 2 heterocycles. The number of carbonyl (C=O) groups excluding carboxylic acids is 3. The average Bonchev–Trinajstić information content (AvgIpc) is 2.81. The molecule has 1 atom stereocenters. The van der Waals surface area contributed by atoms with Gasteiger partial charge < -0.3 is 25.2 Å². The molecule has 168 valence electrons. The molecule has 32 heavy (non-hydrogen) atoms. The summed E-state index contributed by atoms with van der Waals surface area (Å²) in [6.45, 7) is 2.06. The van der Waals surface area contributed by atoms with E-state index in [9.17, 15) is 14.4 Å². The highest BCUT2D eigenvalue weighted by Crippen LogP contribution is 2.23. The van der Waals surface area contributed by atoms with Crippen LogP contribution in [0.3, 0.4) is 0 Å².